The highest BCUT2D eigenvalue weighted by Gasteiger charge is 2.35. The van der Waals surface area contributed by atoms with Gasteiger partial charge < -0.3 is 32.3 Å². The molecule has 3 rings (SSSR count). The van der Waals surface area contributed by atoms with Crippen molar-refractivity contribution in [2.75, 3.05) is 39.3 Å². The molecule has 1 aliphatic rings. The fourth-order valence-electron chi connectivity index (χ4n) is 5.27. The first kappa shape index (κ1) is 41.0. The number of hydrogen-bond donors (Lipinski definition) is 5. The molecule has 8 N–H and O–H groups in total. The normalized spacial score (nSPS) is 16.7. The molecular weight excluding hydrogens is 636 g/mol. The second kappa shape index (κ2) is 19.1. The van der Waals surface area contributed by atoms with Crippen molar-refractivity contribution in [3.8, 4) is 0 Å². The number of unbranched alkanes of at least 4 members (excludes halogenated alkanes) is 1. The van der Waals surface area contributed by atoms with Crippen LogP contribution >= 0.6 is 0 Å². The number of carbonyl (C=O) groups excluding carboxylic acids is 1. The minimum absolute atomic E-state index is 0.0702. The van der Waals surface area contributed by atoms with Crippen molar-refractivity contribution in [3.05, 3.63) is 70.8 Å². The van der Waals surface area contributed by atoms with E-state index in [-0.39, 0.29) is 37.2 Å². The molecule has 3 atom stereocenters. The zero-order valence-electron chi connectivity index (χ0n) is 28.0. The predicted molar refractivity (Wildman–Crippen MR) is 177 cm³/mol. The van der Waals surface area contributed by atoms with Crippen LogP contribution in [0.25, 0.3) is 0 Å². The number of piperazine rings is 1. The summed E-state index contributed by atoms with van der Waals surface area (Å²) in [5, 5.41) is 11.9. The molecule has 2 aromatic rings. The van der Waals surface area contributed by atoms with E-state index in [1.165, 1.54) is 24.3 Å². The van der Waals surface area contributed by atoms with Gasteiger partial charge in [-0.15, -0.1) is 0 Å². The Balaban J connectivity index is 0.00000189. The molecule has 8 nitrogen and oxygen atoms in total. The highest BCUT2D eigenvalue weighted by molar-refractivity contribution is 5.86. The van der Waals surface area contributed by atoms with Crippen molar-refractivity contribution in [2.45, 2.75) is 83.4 Å². The van der Waals surface area contributed by atoms with E-state index in [2.05, 4.69) is 26.1 Å². The minimum Gasteiger partial charge on any atom is -0.355 e. The first-order valence-electron chi connectivity index (χ1n) is 16.3. The van der Waals surface area contributed by atoms with E-state index in [0.29, 0.717) is 43.7 Å². The quantitative estimate of drug-likeness (QED) is 0.0867. The van der Waals surface area contributed by atoms with E-state index < -0.39 is 35.6 Å². The lowest BCUT2D eigenvalue weighted by Crippen LogP contribution is -2.61. The summed E-state index contributed by atoms with van der Waals surface area (Å²) in [5.41, 5.74) is 17.6. The Hall–Kier alpha value is -3.20. The van der Waals surface area contributed by atoms with Gasteiger partial charge in [0.05, 0.1) is 23.2 Å². The smallest absolute Gasteiger partial charge is 0.355 e. The van der Waals surface area contributed by atoms with Crippen LogP contribution in [0.1, 0.15) is 62.3 Å². The van der Waals surface area contributed by atoms with Crippen molar-refractivity contribution in [1.29, 1.82) is 5.41 Å². The van der Waals surface area contributed by atoms with Crippen LogP contribution in [0, 0.1) is 11.3 Å². The van der Waals surface area contributed by atoms with Crippen LogP contribution in [0.2, 0.25) is 0 Å². The molecule has 2 aromatic carbocycles. The number of alkyl halides is 6. The highest BCUT2D eigenvalue weighted by atomic mass is 19.4. The molecule has 0 saturated carbocycles. The fourth-order valence-corrected chi connectivity index (χ4v) is 5.27. The summed E-state index contributed by atoms with van der Waals surface area (Å²) in [6, 6.07) is 7.23. The molecule has 270 valence electrons. The molecule has 0 aromatic heterocycles. The third kappa shape index (κ3) is 13.7. The van der Waals surface area contributed by atoms with Gasteiger partial charge in [-0.05, 0) is 73.5 Å². The highest BCUT2D eigenvalue weighted by Crippen LogP contribution is 2.30. The average molecular weight is 688 g/mol. The number of amidine groups is 1. The number of rotatable bonds is 13. The van der Waals surface area contributed by atoms with Gasteiger partial charge in [-0.25, -0.2) is 0 Å². The van der Waals surface area contributed by atoms with E-state index in [4.69, 9.17) is 22.6 Å². The molecule has 0 aliphatic carbocycles. The molecule has 0 spiro atoms. The van der Waals surface area contributed by atoms with Gasteiger partial charge in [-0.2, -0.15) is 26.3 Å². The standard InChI is InChI=1S/C30H41F6N7O.C4H10/c31-29(32,33)22-8-4-20(5-9-22)17-25(38)27(40)42-15-16-43(24(19-42)3-1-2-13-41-14-12-37)28(44)26(39)18-21-6-10-23(11-7-21)30(34,35)36;1-4(2)3/h4-11,24-26,40-41H,1-3,12-19,37-39H2;4H,1-3H3/t24-,25+,26?;/m0./s1. The van der Waals surface area contributed by atoms with Crippen molar-refractivity contribution in [2.24, 2.45) is 23.1 Å². The number of halogens is 6. The third-order valence-corrected chi connectivity index (χ3v) is 7.71. The van der Waals surface area contributed by atoms with Gasteiger partial charge in [0.2, 0.25) is 5.91 Å². The van der Waals surface area contributed by atoms with Gasteiger partial charge in [0, 0.05) is 38.8 Å². The maximum atomic E-state index is 13.5. The second-order valence-corrected chi connectivity index (χ2v) is 12.8. The molecule has 1 amide bonds. The first-order valence-corrected chi connectivity index (χ1v) is 16.3. The molecule has 1 heterocycles. The van der Waals surface area contributed by atoms with Gasteiger partial charge in [0.1, 0.15) is 5.84 Å². The molecular formula is C34H51F6N7O. The predicted octanol–water partition coefficient (Wildman–Crippen LogP) is 5.03. The number of nitrogens with zero attached hydrogens (tertiary/aromatic N) is 2. The summed E-state index contributed by atoms with van der Waals surface area (Å²) < 4.78 is 77.5. The summed E-state index contributed by atoms with van der Waals surface area (Å²) in [5.74, 6) is 0.636. The van der Waals surface area contributed by atoms with Crippen molar-refractivity contribution < 1.29 is 31.1 Å². The average Bonchev–Trinajstić information content (AvgIpc) is 3.01. The Labute approximate surface area is 279 Å². The zero-order chi connectivity index (χ0) is 36.1. The SMILES string of the molecule is CC(C)C.N=C([C@H](N)Cc1ccc(C(F)(F)F)cc1)N1CCN(C(=O)C(N)Cc2ccc(C(F)(F)F)cc2)[C@@H](CCCCNCCN)C1. The van der Waals surface area contributed by atoms with Crippen LogP contribution in [0.15, 0.2) is 48.5 Å². The van der Waals surface area contributed by atoms with Gasteiger partial charge >= 0.3 is 12.4 Å². The van der Waals surface area contributed by atoms with Crippen molar-refractivity contribution in [1.82, 2.24) is 15.1 Å². The summed E-state index contributed by atoms with van der Waals surface area (Å²) in [4.78, 5) is 17.0. The maximum Gasteiger partial charge on any atom is 0.416 e. The first-order chi connectivity index (χ1) is 22.4. The summed E-state index contributed by atoms with van der Waals surface area (Å²) in [7, 11) is 0. The molecule has 1 fully saturated rings. The van der Waals surface area contributed by atoms with E-state index >= 15 is 0 Å². The largest absolute Gasteiger partial charge is 0.416 e. The number of nitrogens with one attached hydrogen (secondary N) is 2. The summed E-state index contributed by atoms with van der Waals surface area (Å²) >= 11 is 0. The lowest BCUT2D eigenvalue weighted by Gasteiger charge is -2.44. The van der Waals surface area contributed by atoms with Crippen LogP contribution in [0.5, 0.6) is 0 Å². The Morgan fingerprint density at radius 1 is 0.833 bits per heavy atom. The van der Waals surface area contributed by atoms with Gasteiger partial charge in [-0.1, -0.05) is 51.5 Å². The number of hydrogen-bond acceptors (Lipinski definition) is 6. The fraction of sp³-hybridized carbons (Fsp3) is 0.588. The zero-order valence-corrected chi connectivity index (χ0v) is 28.0. The van der Waals surface area contributed by atoms with E-state index in [1.807, 2.05) is 0 Å². The van der Waals surface area contributed by atoms with Gasteiger partial charge in [0.15, 0.2) is 0 Å². The van der Waals surface area contributed by atoms with Crippen LogP contribution in [0.4, 0.5) is 26.3 Å². The van der Waals surface area contributed by atoms with E-state index in [9.17, 15) is 31.1 Å². The van der Waals surface area contributed by atoms with E-state index in [1.54, 1.807) is 9.80 Å². The van der Waals surface area contributed by atoms with Crippen LogP contribution in [0.3, 0.4) is 0 Å². The van der Waals surface area contributed by atoms with Crippen LogP contribution in [-0.2, 0) is 30.0 Å². The van der Waals surface area contributed by atoms with E-state index in [0.717, 1.165) is 49.6 Å². The summed E-state index contributed by atoms with van der Waals surface area (Å²) in [6.07, 6.45) is -6.43. The molecule has 1 unspecified atom stereocenters. The Kier molecular flexibility index (Phi) is 16.3. The number of nitrogens with two attached hydrogens (primary N) is 3. The molecule has 48 heavy (non-hydrogen) atoms. The van der Waals surface area contributed by atoms with Crippen LogP contribution in [-0.4, -0.2) is 78.9 Å². The molecule has 0 bridgehead atoms. The number of carbonyl (C=O) groups is 1. The van der Waals surface area contributed by atoms with Gasteiger partial charge in [0.25, 0.3) is 0 Å². The third-order valence-electron chi connectivity index (χ3n) is 7.71. The maximum absolute atomic E-state index is 13.5. The Morgan fingerprint density at radius 2 is 1.31 bits per heavy atom. The molecule has 14 heteroatoms. The summed E-state index contributed by atoms with van der Waals surface area (Å²) in [6.45, 7) is 9.37. The monoisotopic (exact) mass is 687 g/mol. The second-order valence-electron chi connectivity index (χ2n) is 12.8. The van der Waals surface area contributed by atoms with Crippen molar-refractivity contribution in [3.63, 3.8) is 0 Å². The van der Waals surface area contributed by atoms with Crippen molar-refractivity contribution >= 4 is 11.7 Å². The molecule has 1 aliphatic heterocycles. The Bertz CT molecular complexity index is 1250. The van der Waals surface area contributed by atoms with Gasteiger partial charge in [-0.3, -0.25) is 10.2 Å². The Morgan fingerprint density at radius 3 is 1.77 bits per heavy atom. The minimum atomic E-state index is -4.46. The molecule has 1 saturated heterocycles. The number of amides is 1. The topological polar surface area (TPSA) is 137 Å². The lowest BCUT2D eigenvalue weighted by molar-refractivity contribution is -0.138. The number of benzene rings is 2. The lowest BCUT2D eigenvalue weighted by atomic mass is 9.99. The van der Waals surface area contributed by atoms with Crippen LogP contribution < -0.4 is 22.5 Å². The molecule has 0 radical (unpaired) electrons.